The third-order valence-electron chi connectivity index (χ3n) is 4.03. The second-order valence-corrected chi connectivity index (χ2v) is 6.85. The first kappa shape index (κ1) is 18.5. The maximum Gasteiger partial charge on any atom is 0.270 e. The van der Waals surface area contributed by atoms with Gasteiger partial charge in [-0.05, 0) is 24.8 Å². The molecule has 0 radical (unpaired) electrons. The Balaban J connectivity index is 3.38. The zero-order valence-electron chi connectivity index (χ0n) is 13.1. The van der Waals surface area contributed by atoms with E-state index in [0.717, 1.165) is 6.07 Å². The van der Waals surface area contributed by atoms with Gasteiger partial charge in [-0.2, -0.15) is 0 Å². The molecule has 0 bridgehead atoms. The van der Waals surface area contributed by atoms with Crippen LogP contribution < -0.4 is 10.5 Å². The fraction of sp³-hybridized carbons (Fsp3) is 0.571. The minimum absolute atomic E-state index is 0.0519. The number of nitrogens with zero attached hydrogens (tertiary/aromatic N) is 1. The maximum absolute atomic E-state index is 12.7. The van der Waals surface area contributed by atoms with Crippen LogP contribution in [0, 0.1) is 10.1 Å². The zero-order valence-corrected chi connectivity index (χ0v) is 13.9. The summed E-state index contributed by atoms with van der Waals surface area (Å²) in [5.41, 5.74) is 5.28. The predicted octanol–water partition coefficient (Wildman–Crippen LogP) is 1.95. The highest BCUT2D eigenvalue weighted by Crippen LogP contribution is 2.25. The first-order valence-electron chi connectivity index (χ1n) is 7.26. The van der Waals surface area contributed by atoms with Crippen molar-refractivity contribution in [1.29, 1.82) is 0 Å². The van der Waals surface area contributed by atoms with E-state index < -0.39 is 20.5 Å². The van der Waals surface area contributed by atoms with Crippen molar-refractivity contribution in [2.24, 2.45) is 5.73 Å². The lowest BCUT2D eigenvalue weighted by atomic mass is 9.95. The van der Waals surface area contributed by atoms with Gasteiger partial charge in [0.1, 0.15) is 0 Å². The van der Waals surface area contributed by atoms with Crippen LogP contribution in [-0.2, 0) is 16.4 Å². The summed E-state index contributed by atoms with van der Waals surface area (Å²) in [6, 6.07) is 3.90. The molecule has 0 amide bonds. The Bertz CT molecular complexity index is 631. The van der Waals surface area contributed by atoms with E-state index in [0.29, 0.717) is 24.8 Å². The summed E-state index contributed by atoms with van der Waals surface area (Å²) in [4.78, 5) is 10.2. The topological polar surface area (TPSA) is 115 Å². The van der Waals surface area contributed by atoms with Gasteiger partial charge in [-0.15, -0.1) is 0 Å². The number of benzene rings is 1. The smallest absolute Gasteiger partial charge is 0.270 e. The quantitative estimate of drug-likeness (QED) is 0.558. The molecule has 1 aromatic carbocycles. The molecular formula is C14H23N3O4S. The molecule has 0 spiro atoms. The number of hydrogen-bond acceptors (Lipinski definition) is 5. The summed E-state index contributed by atoms with van der Waals surface area (Å²) in [5.74, 6) is 0. The Labute approximate surface area is 131 Å². The molecule has 0 aromatic heterocycles. The highest BCUT2D eigenvalue weighted by Gasteiger charge is 2.32. The van der Waals surface area contributed by atoms with Crippen LogP contribution in [0.4, 0.5) is 5.69 Å². The van der Waals surface area contributed by atoms with Crippen molar-refractivity contribution >= 4 is 15.7 Å². The molecule has 0 atom stereocenters. The van der Waals surface area contributed by atoms with Gasteiger partial charge >= 0.3 is 0 Å². The maximum atomic E-state index is 12.7. The highest BCUT2D eigenvalue weighted by atomic mass is 32.2. The van der Waals surface area contributed by atoms with E-state index in [-0.39, 0.29) is 17.1 Å². The van der Waals surface area contributed by atoms with Crippen LogP contribution in [0.5, 0.6) is 0 Å². The van der Waals surface area contributed by atoms with Crippen LogP contribution in [0.15, 0.2) is 23.1 Å². The van der Waals surface area contributed by atoms with Crippen molar-refractivity contribution < 1.29 is 13.3 Å². The number of nitro benzene ring substituents is 1. The third kappa shape index (κ3) is 3.82. The predicted molar refractivity (Wildman–Crippen MR) is 85.2 cm³/mol. The molecule has 8 heteroatoms. The normalized spacial score (nSPS) is 12.4. The van der Waals surface area contributed by atoms with Crippen molar-refractivity contribution in [2.45, 2.75) is 50.5 Å². The molecule has 0 fully saturated rings. The number of nitrogens with two attached hydrogens (primary N) is 1. The first-order chi connectivity index (χ1) is 10.2. The van der Waals surface area contributed by atoms with Crippen LogP contribution in [0.2, 0.25) is 0 Å². The van der Waals surface area contributed by atoms with E-state index >= 15 is 0 Å². The van der Waals surface area contributed by atoms with E-state index in [9.17, 15) is 18.5 Å². The summed E-state index contributed by atoms with van der Waals surface area (Å²) in [7, 11) is -3.89. The van der Waals surface area contributed by atoms with Crippen LogP contribution in [0.3, 0.4) is 0 Å². The Morgan fingerprint density at radius 3 is 2.27 bits per heavy atom. The average Bonchev–Trinajstić information content (AvgIpc) is 2.52. The van der Waals surface area contributed by atoms with Gasteiger partial charge in [0.05, 0.1) is 9.82 Å². The fourth-order valence-electron chi connectivity index (χ4n) is 2.26. The van der Waals surface area contributed by atoms with Crippen molar-refractivity contribution in [3.05, 3.63) is 33.9 Å². The molecule has 1 rings (SSSR count). The van der Waals surface area contributed by atoms with Crippen LogP contribution in [0.1, 0.15) is 39.2 Å². The molecule has 0 aliphatic heterocycles. The first-order valence-corrected chi connectivity index (χ1v) is 8.75. The number of aryl methyl sites for hydroxylation is 1. The van der Waals surface area contributed by atoms with Crippen molar-refractivity contribution in [1.82, 2.24) is 4.72 Å². The van der Waals surface area contributed by atoms with Gasteiger partial charge in [-0.3, -0.25) is 10.1 Å². The van der Waals surface area contributed by atoms with Gasteiger partial charge in [0.2, 0.25) is 10.0 Å². The van der Waals surface area contributed by atoms with Crippen molar-refractivity contribution in [3.63, 3.8) is 0 Å². The largest absolute Gasteiger partial charge is 0.329 e. The van der Waals surface area contributed by atoms with E-state index in [1.807, 2.05) is 13.8 Å². The van der Waals surface area contributed by atoms with E-state index in [2.05, 4.69) is 4.72 Å². The summed E-state index contributed by atoms with van der Waals surface area (Å²) in [5, 5.41) is 10.9. The molecule has 3 N–H and O–H groups in total. The minimum Gasteiger partial charge on any atom is -0.329 e. The number of nitrogens with one attached hydrogen (secondary N) is 1. The molecule has 0 aliphatic carbocycles. The van der Waals surface area contributed by atoms with E-state index in [1.165, 1.54) is 12.1 Å². The molecule has 0 heterocycles. The zero-order chi connectivity index (χ0) is 17.0. The molecule has 0 aliphatic rings. The number of sulfonamides is 1. The number of non-ortho nitro benzene ring substituents is 1. The second kappa shape index (κ2) is 7.17. The van der Waals surface area contributed by atoms with Gasteiger partial charge in [0.25, 0.3) is 5.69 Å². The van der Waals surface area contributed by atoms with Crippen LogP contribution in [-0.4, -0.2) is 25.4 Å². The van der Waals surface area contributed by atoms with Crippen molar-refractivity contribution in [3.8, 4) is 0 Å². The molecule has 1 aromatic rings. The van der Waals surface area contributed by atoms with Crippen molar-refractivity contribution in [2.75, 3.05) is 6.54 Å². The van der Waals surface area contributed by atoms with Gasteiger partial charge in [-0.1, -0.05) is 26.8 Å². The molecule has 7 nitrogen and oxygen atoms in total. The standard InChI is InChI=1S/C14H23N3O4S/c1-4-11-7-8-12(17(18)19)9-13(11)22(20,21)16-14(5-2,6-3)10-15/h7-9,16H,4-6,10,15H2,1-3H3. The molecular weight excluding hydrogens is 306 g/mol. The Hall–Kier alpha value is -1.51. The average molecular weight is 329 g/mol. The Kier molecular flexibility index (Phi) is 6.04. The third-order valence-corrected chi connectivity index (χ3v) is 5.69. The lowest BCUT2D eigenvalue weighted by Gasteiger charge is -2.31. The number of hydrogen-bond donors (Lipinski definition) is 2. The summed E-state index contributed by atoms with van der Waals surface area (Å²) < 4.78 is 28.0. The fourth-order valence-corrected chi connectivity index (χ4v) is 4.15. The van der Waals surface area contributed by atoms with Gasteiger partial charge in [0.15, 0.2) is 0 Å². The number of nitro groups is 1. The van der Waals surface area contributed by atoms with Gasteiger partial charge < -0.3 is 5.73 Å². The minimum atomic E-state index is -3.89. The van der Waals surface area contributed by atoms with E-state index in [1.54, 1.807) is 6.92 Å². The van der Waals surface area contributed by atoms with E-state index in [4.69, 9.17) is 5.73 Å². The highest BCUT2D eigenvalue weighted by molar-refractivity contribution is 7.89. The Morgan fingerprint density at radius 2 is 1.86 bits per heavy atom. The molecule has 0 saturated heterocycles. The van der Waals surface area contributed by atoms with Crippen LogP contribution in [0.25, 0.3) is 0 Å². The lowest BCUT2D eigenvalue weighted by Crippen LogP contribution is -2.52. The molecule has 124 valence electrons. The monoisotopic (exact) mass is 329 g/mol. The number of rotatable bonds is 8. The summed E-state index contributed by atoms with van der Waals surface area (Å²) in [6.45, 7) is 5.67. The Morgan fingerprint density at radius 1 is 1.27 bits per heavy atom. The molecule has 22 heavy (non-hydrogen) atoms. The summed E-state index contributed by atoms with van der Waals surface area (Å²) >= 11 is 0. The SMILES string of the molecule is CCc1ccc([N+](=O)[O-])cc1S(=O)(=O)NC(CC)(CC)CN. The van der Waals surface area contributed by atoms with Gasteiger partial charge in [0, 0.05) is 24.2 Å². The van der Waals surface area contributed by atoms with Gasteiger partial charge in [-0.25, -0.2) is 13.1 Å². The molecule has 0 unspecified atom stereocenters. The molecule has 0 saturated carbocycles. The lowest BCUT2D eigenvalue weighted by molar-refractivity contribution is -0.385. The summed E-state index contributed by atoms with van der Waals surface area (Å²) in [6.07, 6.45) is 1.54. The second-order valence-electron chi connectivity index (χ2n) is 5.20. The van der Waals surface area contributed by atoms with Crippen LogP contribution >= 0.6 is 0 Å².